The van der Waals surface area contributed by atoms with Crippen LogP contribution < -0.4 is 14.2 Å². The number of benzene rings is 3. The molecule has 2 heterocycles. The smallest absolute Gasteiger partial charge is 0.273 e. The van der Waals surface area contributed by atoms with Gasteiger partial charge in [0.05, 0.1) is 26.9 Å². The van der Waals surface area contributed by atoms with E-state index in [9.17, 15) is 9.90 Å². The molecule has 0 spiro atoms. The SMILES string of the molecule is COc1ccc(CCN2C(=O)c3[nH]nc(-c4c(C)cc(C)cc4O)c3C2c2ccc(OCCC(C)C)c(OC)c2)cc1. The average molecular weight is 570 g/mol. The molecule has 8 nitrogen and oxygen atoms in total. The molecule has 1 amide bonds. The van der Waals surface area contributed by atoms with E-state index < -0.39 is 6.04 Å². The molecule has 1 unspecified atom stereocenters. The first kappa shape index (κ1) is 29.0. The summed E-state index contributed by atoms with van der Waals surface area (Å²) in [5.74, 6) is 2.58. The highest BCUT2D eigenvalue weighted by Crippen LogP contribution is 2.47. The number of H-pyrrole nitrogens is 1. The summed E-state index contributed by atoms with van der Waals surface area (Å²) in [6.07, 6.45) is 1.59. The standard InChI is InChI=1S/C34H39N3O5/c1-20(2)14-16-42-27-12-9-24(19-28(27)41-6)33-30-31(29-22(4)17-21(3)18-26(29)38)35-36-32(30)34(39)37(33)15-13-23-7-10-25(40-5)11-8-23/h7-12,17-20,33,38H,13-16H2,1-6H3,(H,35,36). The van der Waals surface area contributed by atoms with Crippen molar-refractivity contribution in [3.05, 3.63) is 88.1 Å². The lowest BCUT2D eigenvalue weighted by molar-refractivity contribution is 0.0745. The van der Waals surface area contributed by atoms with Crippen molar-refractivity contribution in [3.8, 4) is 34.3 Å². The number of carbonyl (C=O) groups excluding carboxylic acids is 1. The number of hydrogen-bond donors (Lipinski definition) is 2. The van der Waals surface area contributed by atoms with Crippen LogP contribution in [-0.2, 0) is 6.42 Å². The van der Waals surface area contributed by atoms with E-state index in [-0.39, 0.29) is 11.7 Å². The Bertz CT molecular complexity index is 1550. The van der Waals surface area contributed by atoms with Gasteiger partial charge in [0.15, 0.2) is 11.5 Å². The van der Waals surface area contributed by atoms with Crippen LogP contribution in [0.15, 0.2) is 54.6 Å². The number of aryl methyl sites for hydroxylation is 2. The van der Waals surface area contributed by atoms with Crippen LogP contribution in [0, 0.1) is 19.8 Å². The Hall–Kier alpha value is -4.46. The van der Waals surface area contributed by atoms with Gasteiger partial charge < -0.3 is 24.2 Å². The Kier molecular flexibility index (Phi) is 8.43. The predicted molar refractivity (Wildman–Crippen MR) is 163 cm³/mol. The molecule has 5 rings (SSSR count). The number of ether oxygens (including phenoxy) is 3. The summed E-state index contributed by atoms with van der Waals surface area (Å²) in [4.78, 5) is 15.8. The first-order valence-corrected chi connectivity index (χ1v) is 14.3. The molecule has 0 saturated carbocycles. The summed E-state index contributed by atoms with van der Waals surface area (Å²) >= 11 is 0. The van der Waals surface area contributed by atoms with Gasteiger partial charge in [0.1, 0.15) is 22.9 Å². The molecule has 0 radical (unpaired) electrons. The number of carbonyl (C=O) groups is 1. The first-order chi connectivity index (χ1) is 20.2. The maximum absolute atomic E-state index is 13.9. The Balaban J connectivity index is 1.57. The summed E-state index contributed by atoms with van der Waals surface area (Å²) in [5, 5.41) is 18.6. The minimum atomic E-state index is -0.446. The van der Waals surface area contributed by atoms with Gasteiger partial charge in [-0.05, 0) is 85.2 Å². The lowest BCUT2D eigenvalue weighted by atomic mass is 9.93. The third-order valence-electron chi connectivity index (χ3n) is 7.82. The summed E-state index contributed by atoms with van der Waals surface area (Å²) in [7, 11) is 3.27. The maximum Gasteiger partial charge on any atom is 0.273 e. The van der Waals surface area contributed by atoms with Crippen molar-refractivity contribution in [1.82, 2.24) is 15.1 Å². The summed E-state index contributed by atoms with van der Waals surface area (Å²) in [6, 6.07) is 17.0. The molecule has 4 aromatic rings. The van der Waals surface area contributed by atoms with Crippen LogP contribution >= 0.6 is 0 Å². The highest BCUT2D eigenvalue weighted by molar-refractivity contribution is 6.00. The second kappa shape index (κ2) is 12.2. The van der Waals surface area contributed by atoms with E-state index in [1.54, 1.807) is 20.3 Å². The number of aromatic nitrogens is 2. The van der Waals surface area contributed by atoms with Crippen LogP contribution in [0.2, 0.25) is 0 Å². The molecular weight excluding hydrogens is 530 g/mol. The molecule has 0 fully saturated rings. The van der Waals surface area contributed by atoms with Crippen molar-refractivity contribution in [2.45, 2.75) is 46.6 Å². The van der Waals surface area contributed by atoms with Gasteiger partial charge in [0, 0.05) is 17.7 Å². The Morgan fingerprint density at radius 3 is 2.43 bits per heavy atom. The largest absolute Gasteiger partial charge is 0.507 e. The zero-order valence-corrected chi connectivity index (χ0v) is 25.2. The predicted octanol–water partition coefficient (Wildman–Crippen LogP) is 6.63. The van der Waals surface area contributed by atoms with Crippen LogP contribution in [-0.4, -0.2) is 53.5 Å². The van der Waals surface area contributed by atoms with Gasteiger partial charge in [0.2, 0.25) is 0 Å². The van der Waals surface area contributed by atoms with Crippen LogP contribution in [0.25, 0.3) is 11.3 Å². The fourth-order valence-corrected chi connectivity index (χ4v) is 5.64. The summed E-state index contributed by atoms with van der Waals surface area (Å²) in [6.45, 7) is 9.28. The number of methoxy groups -OCH3 is 2. The molecule has 1 aliphatic heterocycles. The molecule has 1 aliphatic rings. The van der Waals surface area contributed by atoms with E-state index in [2.05, 4.69) is 24.0 Å². The van der Waals surface area contributed by atoms with Crippen LogP contribution in [0.5, 0.6) is 23.0 Å². The molecule has 0 saturated heterocycles. The van der Waals surface area contributed by atoms with E-state index in [1.165, 1.54) is 0 Å². The molecule has 8 heteroatoms. The number of phenolic OH excluding ortho intramolecular Hbond substituents is 1. The summed E-state index contributed by atoms with van der Waals surface area (Å²) in [5.41, 5.74) is 6.16. The molecule has 220 valence electrons. The molecule has 1 atom stereocenters. The number of nitrogens with zero attached hydrogens (tertiary/aromatic N) is 2. The molecule has 0 aliphatic carbocycles. The van der Waals surface area contributed by atoms with Crippen LogP contribution in [0.4, 0.5) is 0 Å². The average Bonchev–Trinajstić information content (AvgIpc) is 3.50. The van der Waals surface area contributed by atoms with E-state index in [1.807, 2.05) is 67.3 Å². The van der Waals surface area contributed by atoms with Crippen molar-refractivity contribution in [1.29, 1.82) is 0 Å². The monoisotopic (exact) mass is 569 g/mol. The van der Waals surface area contributed by atoms with Crippen molar-refractivity contribution in [2.24, 2.45) is 5.92 Å². The van der Waals surface area contributed by atoms with Gasteiger partial charge in [-0.1, -0.05) is 38.1 Å². The van der Waals surface area contributed by atoms with E-state index in [0.29, 0.717) is 53.9 Å². The minimum absolute atomic E-state index is 0.135. The molecule has 0 bridgehead atoms. The topological polar surface area (TPSA) is 96.9 Å². The lowest BCUT2D eigenvalue weighted by Crippen LogP contribution is -2.31. The van der Waals surface area contributed by atoms with Crippen molar-refractivity contribution in [2.75, 3.05) is 27.4 Å². The van der Waals surface area contributed by atoms with Gasteiger partial charge in [-0.2, -0.15) is 5.10 Å². The van der Waals surface area contributed by atoms with Crippen molar-refractivity contribution < 1.29 is 24.1 Å². The van der Waals surface area contributed by atoms with Crippen LogP contribution in [0.1, 0.15) is 64.6 Å². The van der Waals surface area contributed by atoms with Gasteiger partial charge >= 0.3 is 0 Å². The maximum atomic E-state index is 13.9. The number of aromatic amines is 1. The van der Waals surface area contributed by atoms with Gasteiger partial charge in [-0.15, -0.1) is 0 Å². The molecule has 1 aromatic heterocycles. The van der Waals surface area contributed by atoms with Gasteiger partial charge in [-0.25, -0.2) is 0 Å². The fraction of sp³-hybridized carbons (Fsp3) is 0.353. The second-order valence-corrected chi connectivity index (χ2v) is 11.3. The number of rotatable bonds is 11. The minimum Gasteiger partial charge on any atom is -0.507 e. The number of fused-ring (bicyclic) bond motifs is 1. The lowest BCUT2D eigenvalue weighted by Gasteiger charge is -2.27. The zero-order valence-electron chi connectivity index (χ0n) is 25.2. The zero-order chi connectivity index (χ0) is 30.0. The molecule has 2 N–H and O–H groups in total. The second-order valence-electron chi connectivity index (χ2n) is 11.3. The van der Waals surface area contributed by atoms with Crippen LogP contribution in [0.3, 0.4) is 0 Å². The third kappa shape index (κ3) is 5.66. The number of nitrogens with one attached hydrogen (secondary N) is 1. The van der Waals surface area contributed by atoms with Gasteiger partial charge in [-0.3, -0.25) is 9.89 Å². The number of phenols is 1. The number of hydrogen-bond acceptors (Lipinski definition) is 6. The van der Waals surface area contributed by atoms with Gasteiger partial charge in [0.25, 0.3) is 5.91 Å². The van der Waals surface area contributed by atoms with Crippen molar-refractivity contribution in [3.63, 3.8) is 0 Å². The first-order valence-electron chi connectivity index (χ1n) is 14.3. The Morgan fingerprint density at radius 2 is 1.76 bits per heavy atom. The highest BCUT2D eigenvalue weighted by Gasteiger charge is 2.42. The molecule has 42 heavy (non-hydrogen) atoms. The highest BCUT2D eigenvalue weighted by atomic mass is 16.5. The molecular formula is C34H39N3O5. The van der Waals surface area contributed by atoms with E-state index in [4.69, 9.17) is 14.2 Å². The van der Waals surface area contributed by atoms with E-state index in [0.717, 1.165) is 40.0 Å². The Labute approximate surface area is 247 Å². The molecule has 3 aromatic carbocycles. The normalized spacial score (nSPS) is 14.4. The number of aromatic hydroxyl groups is 1. The third-order valence-corrected chi connectivity index (χ3v) is 7.82. The van der Waals surface area contributed by atoms with E-state index >= 15 is 0 Å². The fourth-order valence-electron chi connectivity index (χ4n) is 5.64. The number of amides is 1. The summed E-state index contributed by atoms with van der Waals surface area (Å²) < 4.78 is 17.1. The quantitative estimate of drug-likeness (QED) is 0.211. The Morgan fingerprint density at radius 1 is 1.00 bits per heavy atom. The van der Waals surface area contributed by atoms with Crippen molar-refractivity contribution >= 4 is 5.91 Å².